The zero-order valence-corrected chi connectivity index (χ0v) is 12.6. The topological polar surface area (TPSA) is 77.2 Å². The molecule has 1 aromatic rings. The van der Waals surface area contributed by atoms with E-state index in [9.17, 15) is 18.0 Å². The summed E-state index contributed by atoms with van der Waals surface area (Å²) >= 11 is 0. The molecular formula is C13H20F3N3O3. The van der Waals surface area contributed by atoms with Gasteiger partial charge in [0.2, 0.25) is 11.8 Å². The Bertz CT molecular complexity index is 461. The van der Waals surface area contributed by atoms with Gasteiger partial charge >= 0.3 is 6.18 Å². The van der Waals surface area contributed by atoms with Crippen LogP contribution in [0.4, 0.5) is 13.2 Å². The van der Waals surface area contributed by atoms with E-state index >= 15 is 0 Å². The number of rotatable bonds is 9. The Labute approximate surface area is 126 Å². The molecule has 0 radical (unpaired) electrons. The normalized spacial score (nSPS) is 11.9. The summed E-state index contributed by atoms with van der Waals surface area (Å²) in [6, 6.07) is 0. The van der Waals surface area contributed by atoms with E-state index in [1.165, 1.54) is 0 Å². The van der Waals surface area contributed by atoms with Crippen LogP contribution in [-0.2, 0) is 16.0 Å². The van der Waals surface area contributed by atoms with Crippen LogP contribution in [-0.4, -0.2) is 42.0 Å². The predicted molar refractivity (Wildman–Crippen MR) is 71.2 cm³/mol. The lowest BCUT2D eigenvalue weighted by Gasteiger charge is -2.08. The second-order valence-electron chi connectivity index (χ2n) is 5.07. The molecule has 9 heteroatoms. The number of amides is 1. The van der Waals surface area contributed by atoms with Gasteiger partial charge in [0, 0.05) is 31.9 Å². The number of halogens is 3. The molecule has 0 aliphatic heterocycles. The van der Waals surface area contributed by atoms with E-state index < -0.39 is 12.8 Å². The molecule has 126 valence electrons. The molecular weight excluding hydrogens is 303 g/mol. The Hall–Kier alpha value is -1.64. The van der Waals surface area contributed by atoms with Crippen molar-refractivity contribution in [3.8, 4) is 0 Å². The first-order valence-corrected chi connectivity index (χ1v) is 7.01. The monoisotopic (exact) mass is 323 g/mol. The molecule has 0 bridgehead atoms. The summed E-state index contributed by atoms with van der Waals surface area (Å²) in [5.74, 6) is 0.924. The number of hydrogen-bond donors (Lipinski definition) is 1. The Morgan fingerprint density at radius 3 is 2.73 bits per heavy atom. The number of aryl methyl sites for hydroxylation is 1. The first-order chi connectivity index (χ1) is 10.3. The van der Waals surface area contributed by atoms with Crippen LogP contribution in [0.2, 0.25) is 0 Å². The van der Waals surface area contributed by atoms with E-state index in [1.807, 2.05) is 13.8 Å². The minimum absolute atomic E-state index is 0.0544. The maximum atomic E-state index is 11.8. The molecule has 1 rings (SSSR count). The third-order valence-corrected chi connectivity index (χ3v) is 2.62. The van der Waals surface area contributed by atoms with Gasteiger partial charge in [0.05, 0.1) is 0 Å². The minimum Gasteiger partial charge on any atom is -0.372 e. The Balaban J connectivity index is 2.08. The van der Waals surface area contributed by atoms with Crippen LogP contribution >= 0.6 is 0 Å². The van der Waals surface area contributed by atoms with Crippen LogP contribution in [0.3, 0.4) is 0 Å². The molecule has 0 saturated carbocycles. The van der Waals surface area contributed by atoms with Crippen LogP contribution < -0.4 is 5.32 Å². The lowest BCUT2D eigenvalue weighted by Crippen LogP contribution is -2.26. The highest BCUT2D eigenvalue weighted by molar-refractivity contribution is 5.75. The number of carbonyl (C=O) groups is 1. The molecule has 0 aromatic carbocycles. The average molecular weight is 323 g/mol. The number of alkyl halides is 3. The van der Waals surface area contributed by atoms with Crippen LogP contribution in [0.1, 0.15) is 44.3 Å². The molecule has 1 amide bonds. The van der Waals surface area contributed by atoms with Crippen molar-refractivity contribution < 1.29 is 27.2 Å². The summed E-state index contributed by atoms with van der Waals surface area (Å²) in [6.07, 6.45) is -3.48. The number of carbonyl (C=O) groups excluding carboxylic acids is 1. The van der Waals surface area contributed by atoms with Crippen molar-refractivity contribution in [2.24, 2.45) is 0 Å². The SMILES string of the molecule is CC(C)c1noc(CCC(=O)NCCCOCC(F)(F)F)n1. The molecule has 1 heterocycles. The van der Waals surface area contributed by atoms with Crippen LogP contribution in [0.5, 0.6) is 0 Å². The van der Waals surface area contributed by atoms with Gasteiger partial charge < -0.3 is 14.6 Å². The highest BCUT2D eigenvalue weighted by Crippen LogP contribution is 2.14. The van der Waals surface area contributed by atoms with Crippen molar-refractivity contribution in [1.29, 1.82) is 0 Å². The van der Waals surface area contributed by atoms with Gasteiger partial charge in [0.1, 0.15) is 6.61 Å². The number of aromatic nitrogens is 2. The third kappa shape index (κ3) is 7.96. The van der Waals surface area contributed by atoms with Gasteiger partial charge in [0.25, 0.3) is 0 Å². The smallest absolute Gasteiger partial charge is 0.372 e. The van der Waals surface area contributed by atoms with Gasteiger partial charge in [-0.3, -0.25) is 4.79 Å². The molecule has 0 aliphatic rings. The summed E-state index contributed by atoms with van der Waals surface area (Å²) in [7, 11) is 0. The van der Waals surface area contributed by atoms with E-state index in [-0.39, 0.29) is 31.4 Å². The van der Waals surface area contributed by atoms with Crippen LogP contribution in [0, 0.1) is 0 Å². The molecule has 0 aliphatic carbocycles. The van der Waals surface area contributed by atoms with Gasteiger partial charge in [-0.15, -0.1) is 0 Å². The molecule has 1 aromatic heterocycles. The van der Waals surface area contributed by atoms with Crippen molar-refractivity contribution in [3.05, 3.63) is 11.7 Å². The fourth-order valence-corrected chi connectivity index (χ4v) is 1.50. The number of hydrogen-bond acceptors (Lipinski definition) is 5. The first kappa shape index (κ1) is 18.4. The van der Waals surface area contributed by atoms with E-state index in [2.05, 4.69) is 20.2 Å². The van der Waals surface area contributed by atoms with Crippen LogP contribution in [0.25, 0.3) is 0 Å². The minimum atomic E-state index is -4.32. The highest BCUT2D eigenvalue weighted by Gasteiger charge is 2.27. The molecule has 0 atom stereocenters. The lowest BCUT2D eigenvalue weighted by atomic mass is 10.2. The first-order valence-electron chi connectivity index (χ1n) is 7.01. The van der Waals surface area contributed by atoms with Gasteiger partial charge in [-0.25, -0.2) is 0 Å². The van der Waals surface area contributed by atoms with Crippen molar-refractivity contribution in [2.75, 3.05) is 19.8 Å². The van der Waals surface area contributed by atoms with E-state index in [4.69, 9.17) is 4.52 Å². The summed E-state index contributed by atoms with van der Waals surface area (Å²) < 4.78 is 44.8. The van der Waals surface area contributed by atoms with Crippen molar-refractivity contribution in [2.45, 2.75) is 45.2 Å². The molecule has 0 spiro atoms. The van der Waals surface area contributed by atoms with E-state index in [0.717, 1.165) is 0 Å². The quantitative estimate of drug-likeness (QED) is 0.705. The fraction of sp³-hybridized carbons (Fsp3) is 0.769. The molecule has 6 nitrogen and oxygen atoms in total. The summed E-state index contributed by atoms with van der Waals surface area (Å²) in [5.41, 5.74) is 0. The Morgan fingerprint density at radius 1 is 1.41 bits per heavy atom. The van der Waals surface area contributed by atoms with Crippen molar-refractivity contribution in [1.82, 2.24) is 15.5 Å². The van der Waals surface area contributed by atoms with E-state index in [1.54, 1.807) is 0 Å². The second-order valence-corrected chi connectivity index (χ2v) is 5.07. The highest BCUT2D eigenvalue weighted by atomic mass is 19.4. The van der Waals surface area contributed by atoms with Crippen molar-refractivity contribution >= 4 is 5.91 Å². The molecule has 0 saturated heterocycles. The standard InChI is InChI=1S/C13H20F3N3O3/c1-9(2)12-18-11(22-19-12)5-4-10(20)17-6-3-7-21-8-13(14,15)16/h9H,3-8H2,1-2H3,(H,17,20). The molecule has 0 unspecified atom stereocenters. The number of ether oxygens (including phenoxy) is 1. The van der Waals surface area contributed by atoms with Gasteiger partial charge in [-0.1, -0.05) is 19.0 Å². The number of nitrogens with one attached hydrogen (secondary N) is 1. The van der Waals surface area contributed by atoms with Gasteiger partial charge in [-0.05, 0) is 6.42 Å². The molecule has 1 N–H and O–H groups in total. The molecule has 0 fully saturated rings. The lowest BCUT2D eigenvalue weighted by molar-refractivity contribution is -0.174. The number of nitrogens with zero attached hydrogens (tertiary/aromatic N) is 2. The average Bonchev–Trinajstić information content (AvgIpc) is 2.88. The summed E-state index contributed by atoms with van der Waals surface area (Å²) in [5, 5.41) is 6.37. The molecule has 22 heavy (non-hydrogen) atoms. The Kier molecular flexibility index (Phi) is 7.30. The maximum absolute atomic E-state index is 11.8. The van der Waals surface area contributed by atoms with Crippen LogP contribution in [0.15, 0.2) is 4.52 Å². The van der Waals surface area contributed by atoms with E-state index in [0.29, 0.717) is 24.6 Å². The van der Waals surface area contributed by atoms with Crippen molar-refractivity contribution in [3.63, 3.8) is 0 Å². The van der Waals surface area contributed by atoms with Gasteiger partial charge in [-0.2, -0.15) is 18.2 Å². The predicted octanol–water partition coefficient (Wildman–Crippen LogP) is 2.21. The zero-order chi connectivity index (χ0) is 16.6. The third-order valence-electron chi connectivity index (χ3n) is 2.62. The Morgan fingerprint density at radius 2 is 2.14 bits per heavy atom. The fourth-order valence-electron chi connectivity index (χ4n) is 1.50. The summed E-state index contributed by atoms with van der Waals surface area (Å²) in [4.78, 5) is 15.7. The summed E-state index contributed by atoms with van der Waals surface area (Å²) in [6.45, 7) is 2.81. The second kappa shape index (κ2) is 8.72. The maximum Gasteiger partial charge on any atom is 0.411 e. The largest absolute Gasteiger partial charge is 0.411 e. The van der Waals surface area contributed by atoms with Gasteiger partial charge in [0.15, 0.2) is 5.82 Å². The zero-order valence-electron chi connectivity index (χ0n) is 12.6.